The monoisotopic (exact) mass is 271 g/mol. The molecule has 20 heavy (non-hydrogen) atoms. The van der Waals surface area contributed by atoms with Crippen LogP contribution in [0.25, 0.3) is 11.1 Å². The molecule has 1 aromatic carbocycles. The summed E-state index contributed by atoms with van der Waals surface area (Å²) in [6, 6.07) is 8.03. The van der Waals surface area contributed by atoms with Gasteiger partial charge in [0, 0.05) is 18.5 Å². The van der Waals surface area contributed by atoms with Gasteiger partial charge in [0.15, 0.2) is 0 Å². The lowest BCUT2D eigenvalue weighted by Gasteiger charge is -2.12. The first-order chi connectivity index (χ1) is 9.72. The summed E-state index contributed by atoms with van der Waals surface area (Å²) >= 11 is 0. The average molecular weight is 271 g/mol. The molecule has 0 bridgehead atoms. The van der Waals surface area contributed by atoms with Crippen LogP contribution in [0.15, 0.2) is 24.3 Å². The second-order valence-electron chi connectivity index (χ2n) is 5.45. The van der Waals surface area contributed by atoms with Crippen molar-refractivity contribution >= 4 is 5.82 Å². The Bertz CT molecular complexity index is 612. The SMILES string of the molecule is COc1ccccc1-c1c(C2CCCC2)nn(C)c1N. The molecule has 0 atom stereocenters. The van der Waals surface area contributed by atoms with Gasteiger partial charge >= 0.3 is 0 Å². The number of benzene rings is 1. The lowest BCUT2D eigenvalue weighted by atomic mass is 9.95. The highest BCUT2D eigenvalue weighted by Gasteiger charge is 2.27. The molecular weight excluding hydrogens is 250 g/mol. The number of para-hydroxylation sites is 1. The maximum absolute atomic E-state index is 6.27. The van der Waals surface area contributed by atoms with Crippen molar-refractivity contribution in [1.29, 1.82) is 0 Å². The van der Waals surface area contributed by atoms with Gasteiger partial charge in [0.25, 0.3) is 0 Å². The Hall–Kier alpha value is -1.97. The van der Waals surface area contributed by atoms with Gasteiger partial charge in [-0.25, -0.2) is 0 Å². The largest absolute Gasteiger partial charge is 0.496 e. The summed E-state index contributed by atoms with van der Waals surface area (Å²) in [6.45, 7) is 0. The Labute approximate surface area is 119 Å². The first kappa shape index (κ1) is 13.0. The van der Waals surface area contributed by atoms with Crippen LogP contribution in [-0.4, -0.2) is 16.9 Å². The van der Waals surface area contributed by atoms with Crippen molar-refractivity contribution in [3.8, 4) is 16.9 Å². The first-order valence-corrected chi connectivity index (χ1v) is 7.18. The van der Waals surface area contributed by atoms with Gasteiger partial charge in [0.2, 0.25) is 0 Å². The minimum atomic E-state index is 0.526. The number of nitrogens with zero attached hydrogens (tertiary/aromatic N) is 2. The molecule has 0 unspecified atom stereocenters. The van der Waals surface area contributed by atoms with E-state index < -0.39 is 0 Å². The number of nitrogen functional groups attached to an aromatic ring is 1. The number of aryl methyl sites for hydroxylation is 1. The Morgan fingerprint density at radius 1 is 1.25 bits per heavy atom. The van der Waals surface area contributed by atoms with Crippen molar-refractivity contribution in [2.75, 3.05) is 12.8 Å². The molecule has 2 N–H and O–H groups in total. The molecular formula is C16H21N3O. The molecule has 1 fully saturated rings. The zero-order valence-corrected chi connectivity index (χ0v) is 12.1. The van der Waals surface area contributed by atoms with Gasteiger partial charge in [0.1, 0.15) is 11.6 Å². The van der Waals surface area contributed by atoms with E-state index in [9.17, 15) is 0 Å². The summed E-state index contributed by atoms with van der Waals surface area (Å²) in [5, 5.41) is 4.68. The Balaban J connectivity index is 2.16. The Kier molecular flexibility index (Phi) is 3.38. The van der Waals surface area contributed by atoms with Crippen LogP contribution in [0.3, 0.4) is 0 Å². The molecule has 1 aliphatic carbocycles. The van der Waals surface area contributed by atoms with E-state index in [1.807, 2.05) is 25.2 Å². The number of ether oxygens (including phenoxy) is 1. The third kappa shape index (κ3) is 2.05. The molecule has 2 aromatic rings. The lowest BCUT2D eigenvalue weighted by Crippen LogP contribution is -1.98. The second kappa shape index (κ2) is 5.19. The molecule has 0 saturated heterocycles. The van der Waals surface area contributed by atoms with Gasteiger partial charge in [-0.15, -0.1) is 0 Å². The molecule has 1 saturated carbocycles. The van der Waals surface area contributed by atoms with Gasteiger partial charge < -0.3 is 10.5 Å². The van der Waals surface area contributed by atoms with E-state index in [4.69, 9.17) is 10.5 Å². The van der Waals surface area contributed by atoms with E-state index in [-0.39, 0.29) is 0 Å². The van der Waals surface area contributed by atoms with Crippen LogP contribution in [0.1, 0.15) is 37.3 Å². The van der Waals surface area contributed by atoms with Gasteiger partial charge in [-0.3, -0.25) is 4.68 Å². The van der Waals surface area contributed by atoms with E-state index in [1.165, 1.54) is 25.7 Å². The van der Waals surface area contributed by atoms with Crippen molar-refractivity contribution in [3.63, 3.8) is 0 Å². The van der Waals surface area contributed by atoms with Crippen molar-refractivity contribution < 1.29 is 4.74 Å². The zero-order chi connectivity index (χ0) is 14.1. The van der Waals surface area contributed by atoms with Crippen LogP contribution >= 0.6 is 0 Å². The van der Waals surface area contributed by atoms with Crippen LogP contribution in [-0.2, 0) is 7.05 Å². The first-order valence-electron chi connectivity index (χ1n) is 7.18. The quantitative estimate of drug-likeness (QED) is 0.931. The maximum Gasteiger partial charge on any atom is 0.129 e. The van der Waals surface area contributed by atoms with Gasteiger partial charge in [-0.05, 0) is 18.9 Å². The highest BCUT2D eigenvalue weighted by Crippen LogP contribution is 2.43. The third-order valence-corrected chi connectivity index (χ3v) is 4.24. The molecule has 1 aromatic heterocycles. The minimum Gasteiger partial charge on any atom is -0.496 e. The normalized spacial score (nSPS) is 15.7. The molecule has 1 heterocycles. The molecule has 0 radical (unpaired) electrons. The molecule has 106 valence electrons. The predicted octanol–water partition coefficient (Wildman–Crippen LogP) is 3.34. The predicted molar refractivity (Wildman–Crippen MR) is 80.8 cm³/mol. The van der Waals surface area contributed by atoms with Gasteiger partial charge in [0.05, 0.1) is 18.4 Å². The van der Waals surface area contributed by atoms with E-state index in [0.717, 1.165) is 28.4 Å². The average Bonchev–Trinajstić information content (AvgIpc) is 3.08. The van der Waals surface area contributed by atoms with Crippen LogP contribution in [0, 0.1) is 0 Å². The van der Waals surface area contributed by atoms with Crippen LogP contribution in [0.2, 0.25) is 0 Å². The molecule has 0 amide bonds. The third-order valence-electron chi connectivity index (χ3n) is 4.24. The Morgan fingerprint density at radius 2 is 1.95 bits per heavy atom. The van der Waals surface area contributed by atoms with Gasteiger partial charge in [-0.2, -0.15) is 5.10 Å². The molecule has 3 rings (SSSR count). The fraction of sp³-hybridized carbons (Fsp3) is 0.438. The topological polar surface area (TPSA) is 53.1 Å². The van der Waals surface area contributed by atoms with Crippen molar-refractivity contribution in [2.45, 2.75) is 31.6 Å². The number of nitrogens with two attached hydrogens (primary N) is 1. The molecule has 4 heteroatoms. The summed E-state index contributed by atoms with van der Waals surface area (Å²) in [5.41, 5.74) is 9.50. The lowest BCUT2D eigenvalue weighted by molar-refractivity contribution is 0.416. The number of anilines is 1. The molecule has 4 nitrogen and oxygen atoms in total. The molecule has 0 spiro atoms. The number of aromatic nitrogens is 2. The standard InChI is InChI=1S/C16H21N3O/c1-19-16(17)14(12-9-5-6-10-13(12)20-2)15(18-19)11-7-3-4-8-11/h5-6,9-11H,3-4,7-8,17H2,1-2H3. The van der Waals surface area contributed by atoms with Crippen molar-refractivity contribution in [3.05, 3.63) is 30.0 Å². The van der Waals surface area contributed by atoms with E-state index >= 15 is 0 Å². The van der Waals surface area contributed by atoms with Crippen LogP contribution in [0.5, 0.6) is 5.75 Å². The smallest absolute Gasteiger partial charge is 0.129 e. The number of methoxy groups -OCH3 is 1. The van der Waals surface area contributed by atoms with Crippen molar-refractivity contribution in [1.82, 2.24) is 9.78 Å². The fourth-order valence-corrected chi connectivity index (χ4v) is 3.17. The number of hydrogen-bond donors (Lipinski definition) is 1. The summed E-state index contributed by atoms with van der Waals surface area (Å²) < 4.78 is 7.28. The van der Waals surface area contributed by atoms with Crippen molar-refractivity contribution in [2.24, 2.45) is 7.05 Å². The molecule has 1 aliphatic rings. The van der Waals surface area contributed by atoms with Gasteiger partial charge in [-0.1, -0.05) is 31.0 Å². The zero-order valence-electron chi connectivity index (χ0n) is 12.1. The van der Waals surface area contributed by atoms with E-state index in [2.05, 4.69) is 11.2 Å². The summed E-state index contributed by atoms with van der Waals surface area (Å²) in [6.07, 6.45) is 4.98. The fourth-order valence-electron chi connectivity index (χ4n) is 3.17. The van der Waals surface area contributed by atoms with E-state index in [1.54, 1.807) is 11.8 Å². The molecule has 0 aliphatic heterocycles. The Morgan fingerprint density at radius 3 is 2.65 bits per heavy atom. The van der Waals surface area contributed by atoms with Crippen LogP contribution in [0.4, 0.5) is 5.82 Å². The maximum atomic E-state index is 6.27. The summed E-state index contributed by atoms with van der Waals surface area (Å²) in [7, 11) is 3.60. The highest BCUT2D eigenvalue weighted by atomic mass is 16.5. The second-order valence-corrected chi connectivity index (χ2v) is 5.45. The summed E-state index contributed by atoms with van der Waals surface area (Å²) in [5.74, 6) is 2.10. The van der Waals surface area contributed by atoms with Crippen LogP contribution < -0.4 is 10.5 Å². The minimum absolute atomic E-state index is 0.526. The highest BCUT2D eigenvalue weighted by molar-refractivity contribution is 5.81. The summed E-state index contributed by atoms with van der Waals surface area (Å²) in [4.78, 5) is 0. The van der Waals surface area contributed by atoms with E-state index in [0.29, 0.717) is 5.92 Å². The number of rotatable bonds is 3. The number of hydrogen-bond acceptors (Lipinski definition) is 3.